The Balaban J connectivity index is 4.02. The van der Waals surface area contributed by atoms with Gasteiger partial charge in [-0.3, -0.25) is 0 Å². The van der Waals surface area contributed by atoms with E-state index < -0.39 is 18.3 Å². The van der Waals surface area contributed by atoms with Crippen LogP contribution in [0.1, 0.15) is 0 Å². The van der Waals surface area contributed by atoms with E-state index in [0.29, 0.717) is 0 Å². The van der Waals surface area contributed by atoms with Crippen molar-refractivity contribution in [1.82, 2.24) is 0 Å². The van der Waals surface area contributed by atoms with Gasteiger partial charge in [-0.05, 0) is 0 Å². The average molecular weight is 211 g/mol. The average Bonchev–Trinajstić information content (AvgIpc) is 1.25. The second-order valence-electron chi connectivity index (χ2n) is 3.72. The molecular weight excluding hydrogens is 196 g/mol. The number of hydrogen-bond donors (Lipinski definition) is 0. The molecule has 0 aliphatic rings. The van der Waals surface area contributed by atoms with Gasteiger partial charge in [0, 0.05) is 0 Å². The molecule has 0 bridgehead atoms. The quantitative estimate of drug-likeness (QED) is 0.585. The van der Waals surface area contributed by atoms with E-state index in [0.717, 1.165) is 0 Å². The standard InChI is InChI=1S/C5H15ClGeSi/c1-7(2,6)8(3,4)5/h1-5H3. The topological polar surface area (TPSA) is 0 Å². The van der Waals surface area contributed by atoms with E-state index in [1.807, 2.05) is 0 Å². The van der Waals surface area contributed by atoms with E-state index in [2.05, 4.69) is 31.2 Å². The summed E-state index contributed by atoms with van der Waals surface area (Å²) in [6.45, 7) is 6.18. The van der Waals surface area contributed by atoms with Crippen LogP contribution in [-0.2, 0) is 0 Å². The van der Waals surface area contributed by atoms with Crippen LogP contribution in [0.5, 0.6) is 0 Å². The van der Waals surface area contributed by atoms with Gasteiger partial charge in [0.15, 0.2) is 0 Å². The van der Waals surface area contributed by atoms with Crippen molar-refractivity contribution in [3.8, 4) is 0 Å². The zero-order valence-electron chi connectivity index (χ0n) is 6.38. The molecule has 0 nitrogen and oxygen atoms in total. The predicted octanol–water partition coefficient (Wildman–Crippen LogP) is 2.85. The van der Waals surface area contributed by atoms with Crippen LogP contribution in [0.2, 0.25) is 31.2 Å². The first kappa shape index (κ1) is 9.05. The van der Waals surface area contributed by atoms with Crippen LogP contribution in [0.3, 0.4) is 0 Å². The predicted molar refractivity (Wildman–Crippen MR) is 46.7 cm³/mol. The number of halogens is 1. The van der Waals surface area contributed by atoms with E-state index in [1.54, 1.807) is 0 Å². The first-order valence-corrected chi connectivity index (χ1v) is 16.5. The minimum absolute atomic E-state index is 0.906. The fraction of sp³-hybridized carbons (Fsp3) is 1.00. The van der Waals surface area contributed by atoms with Gasteiger partial charge in [0.25, 0.3) is 0 Å². The molecule has 0 rings (SSSR count). The Morgan fingerprint density at radius 1 is 1.12 bits per heavy atom. The maximum atomic E-state index is 6.26. The number of hydrogen-bond acceptors (Lipinski definition) is 0. The summed E-state index contributed by atoms with van der Waals surface area (Å²) in [4.78, 5) is 0. The van der Waals surface area contributed by atoms with Gasteiger partial charge in [0.05, 0.1) is 0 Å². The maximum absolute atomic E-state index is 6.26. The molecule has 0 aromatic heterocycles. The molecule has 50 valence electrons. The molecule has 0 N–H and O–H groups in total. The van der Waals surface area contributed by atoms with Crippen LogP contribution in [0.25, 0.3) is 0 Å². The molecule has 0 saturated carbocycles. The van der Waals surface area contributed by atoms with Gasteiger partial charge in [-0.1, -0.05) is 0 Å². The van der Waals surface area contributed by atoms with Crippen molar-refractivity contribution < 1.29 is 0 Å². The minimum atomic E-state index is -1.70. The molecule has 0 aliphatic carbocycles. The van der Waals surface area contributed by atoms with Gasteiger partial charge in [0.2, 0.25) is 0 Å². The molecule has 0 spiro atoms. The van der Waals surface area contributed by atoms with Crippen molar-refractivity contribution in [2.45, 2.75) is 31.2 Å². The van der Waals surface area contributed by atoms with Gasteiger partial charge >= 0.3 is 59.4 Å². The van der Waals surface area contributed by atoms with Crippen LogP contribution in [0.4, 0.5) is 0 Å². The van der Waals surface area contributed by atoms with E-state index in [-0.39, 0.29) is 0 Å². The van der Waals surface area contributed by atoms with Crippen LogP contribution >= 0.6 is 10.0 Å². The molecule has 0 amide bonds. The van der Waals surface area contributed by atoms with Crippen LogP contribution in [0, 0.1) is 0 Å². The van der Waals surface area contributed by atoms with Crippen LogP contribution < -0.4 is 0 Å². The molecule has 0 aromatic carbocycles. The van der Waals surface area contributed by atoms with Gasteiger partial charge < -0.3 is 0 Å². The fourth-order valence-corrected chi connectivity index (χ4v) is 0. The van der Waals surface area contributed by atoms with Crippen LogP contribution in [-0.4, -0.2) is 18.3 Å². The second-order valence-corrected chi connectivity index (χ2v) is 36.9. The Bertz CT molecular complexity index is 67.4. The van der Waals surface area contributed by atoms with Gasteiger partial charge in [-0.25, -0.2) is 0 Å². The molecule has 0 atom stereocenters. The molecule has 0 fully saturated rings. The Morgan fingerprint density at radius 3 is 1.25 bits per heavy atom. The molecule has 8 heavy (non-hydrogen) atoms. The van der Waals surface area contributed by atoms with Crippen molar-refractivity contribution >= 4 is 28.3 Å². The van der Waals surface area contributed by atoms with E-state index in [9.17, 15) is 0 Å². The summed E-state index contributed by atoms with van der Waals surface area (Å²) in [6.07, 6.45) is 0. The first-order chi connectivity index (χ1) is 3.25. The summed E-state index contributed by atoms with van der Waals surface area (Å²) in [5.74, 6) is 4.57. The Kier molecular flexibility index (Phi) is 2.66. The Hall–Kier alpha value is 1.05. The van der Waals surface area contributed by atoms with Gasteiger partial charge in [0.1, 0.15) is 0 Å². The molecule has 3 heteroatoms. The summed E-state index contributed by atoms with van der Waals surface area (Å²) in [5.41, 5.74) is 0. The first-order valence-electron chi connectivity index (χ1n) is 2.94. The zero-order valence-corrected chi connectivity index (χ0v) is 10.2. The van der Waals surface area contributed by atoms with E-state index >= 15 is 0 Å². The van der Waals surface area contributed by atoms with Crippen molar-refractivity contribution in [3.63, 3.8) is 0 Å². The van der Waals surface area contributed by atoms with Crippen molar-refractivity contribution in [3.05, 3.63) is 0 Å². The summed E-state index contributed by atoms with van der Waals surface area (Å²) >= 11 is -1.70. The third-order valence-corrected chi connectivity index (χ3v) is 36.6. The third-order valence-electron chi connectivity index (χ3n) is 1.78. The molecule has 0 unspecified atom stereocenters. The molecule has 0 radical (unpaired) electrons. The molecule has 0 saturated heterocycles. The molecule has 0 aromatic rings. The fourth-order valence-electron chi connectivity index (χ4n) is 0. The van der Waals surface area contributed by atoms with Gasteiger partial charge in [-0.2, -0.15) is 0 Å². The van der Waals surface area contributed by atoms with Crippen molar-refractivity contribution in [1.29, 1.82) is 0 Å². The normalized spacial score (nSPS) is 14.2. The Morgan fingerprint density at radius 2 is 1.25 bits per heavy atom. The van der Waals surface area contributed by atoms with Crippen molar-refractivity contribution in [2.24, 2.45) is 0 Å². The summed E-state index contributed by atoms with van der Waals surface area (Å²) < 4.78 is 0. The Labute approximate surface area is 59.6 Å². The van der Waals surface area contributed by atoms with Crippen LogP contribution in [0.15, 0.2) is 0 Å². The molecule has 0 heterocycles. The SMILES string of the molecule is C[Si](C)(C)[Ge]([CH3])([CH3])[Cl]. The molecular formula is C5H15ClGeSi. The van der Waals surface area contributed by atoms with Crippen molar-refractivity contribution in [2.75, 3.05) is 0 Å². The summed E-state index contributed by atoms with van der Waals surface area (Å²) in [7, 11) is 6.26. The third kappa shape index (κ3) is 2.55. The monoisotopic (exact) mass is 212 g/mol. The summed E-state index contributed by atoms with van der Waals surface area (Å²) in [6, 6.07) is 0. The van der Waals surface area contributed by atoms with E-state index in [1.165, 1.54) is 0 Å². The number of rotatable bonds is 1. The summed E-state index contributed by atoms with van der Waals surface area (Å²) in [5, 5.41) is 0. The zero-order chi connectivity index (χ0) is 7.00. The second kappa shape index (κ2) is 2.35. The van der Waals surface area contributed by atoms with Gasteiger partial charge in [-0.15, -0.1) is 0 Å². The molecule has 0 aliphatic heterocycles. The van der Waals surface area contributed by atoms with E-state index in [4.69, 9.17) is 10.0 Å².